The summed E-state index contributed by atoms with van der Waals surface area (Å²) in [7, 11) is 0. The zero-order valence-electron chi connectivity index (χ0n) is 23.7. The van der Waals surface area contributed by atoms with Crippen molar-refractivity contribution >= 4 is 85.6 Å². The fourth-order valence-corrected chi connectivity index (χ4v) is 8.58. The summed E-state index contributed by atoms with van der Waals surface area (Å²) in [5.74, 6) is 0. The third-order valence-electron chi connectivity index (χ3n) is 9.23. The number of para-hydroxylation sites is 2. The number of aromatic nitrogens is 2. The molecule has 0 saturated carbocycles. The largest absolute Gasteiger partial charge is 0.308 e. The average Bonchev–Trinajstić information content (AvgIpc) is 3.63. The van der Waals surface area contributed by atoms with Crippen LogP contribution in [0.15, 0.2) is 146 Å². The van der Waals surface area contributed by atoms with Crippen molar-refractivity contribution in [3.63, 3.8) is 0 Å². The highest BCUT2D eigenvalue weighted by Crippen LogP contribution is 2.44. The minimum Gasteiger partial charge on any atom is -0.308 e. The number of thiophene rings is 1. The predicted molar refractivity (Wildman–Crippen MR) is 189 cm³/mol. The summed E-state index contributed by atoms with van der Waals surface area (Å²) in [5, 5.41) is 13.0. The molecular formula is C41H24N2S. The SMILES string of the molecule is c1cc(-c2cncc(-n3c4ccccc4c4ccccc43)c2)c2sc3cc4c5ccccc5c5ccccc5c4cc3c2c1. The van der Waals surface area contributed by atoms with E-state index in [0.717, 1.165) is 11.3 Å². The van der Waals surface area contributed by atoms with Crippen LogP contribution >= 0.6 is 11.3 Å². The van der Waals surface area contributed by atoms with E-state index in [2.05, 4.69) is 138 Å². The standard InChI is InChI=1S/C41H24N2S/c1-3-12-30-28(10-1)29-11-2-4-13-31(29)36-22-40-37(21-35(30)36)34-17-9-16-27(41(34)44-40)25-20-26(24-42-23-25)43-38-18-7-5-14-32(38)33-15-6-8-19-39(33)43/h1-24H. The van der Waals surface area contributed by atoms with Crippen molar-refractivity contribution in [1.29, 1.82) is 0 Å². The summed E-state index contributed by atoms with van der Waals surface area (Å²) in [6.07, 6.45) is 3.99. The van der Waals surface area contributed by atoms with Gasteiger partial charge in [0.15, 0.2) is 0 Å². The quantitative estimate of drug-likeness (QED) is 0.187. The third-order valence-corrected chi connectivity index (χ3v) is 10.4. The van der Waals surface area contributed by atoms with Crippen molar-refractivity contribution in [2.45, 2.75) is 0 Å². The molecule has 0 aliphatic rings. The average molecular weight is 577 g/mol. The number of hydrogen-bond donors (Lipinski definition) is 0. The molecule has 10 aromatic rings. The maximum Gasteiger partial charge on any atom is 0.0651 e. The first kappa shape index (κ1) is 24.0. The lowest BCUT2D eigenvalue weighted by atomic mass is 9.93. The Balaban J connectivity index is 1.23. The molecule has 0 radical (unpaired) electrons. The normalized spacial score (nSPS) is 12.1. The first-order valence-electron chi connectivity index (χ1n) is 15.0. The Hall–Kier alpha value is -5.51. The zero-order chi connectivity index (χ0) is 28.8. The summed E-state index contributed by atoms with van der Waals surface area (Å²) in [6.45, 7) is 0. The van der Waals surface area contributed by atoms with Crippen LogP contribution in [0.1, 0.15) is 0 Å². The molecule has 0 atom stereocenters. The molecule has 7 aromatic carbocycles. The topological polar surface area (TPSA) is 17.8 Å². The van der Waals surface area contributed by atoms with E-state index < -0.39 is 0 Å². The second-order valence-corrected chi connectivity index (χ2v) is 12.6. The highest BCUT2D eigenvalue weighted by atomic mass is 32.1. The van der Waals surface area contributed by atoms with Crippen molar-refractivity contribution < 1.29 is 0 Å². The third kappa shape index (κ3) is 3.27. The van der Waals surface area contributed by atoms with Gasteiger partial charge in [-0.1, -0.05) is 103 Å². The van der Waals surface area contributed by atoms with Gasteiger partial charge < -0.3 is 4.57 Å². The van der Waals surface area contributed by atoms with Crippen LogP contribution in [0.2, 0.25) is 0 Å². The first-order chi connectivity index (χ1) is 21.8. The molecular weight excluding hydrogens is 553 g/mol. The maximum atomic E-state index is 4.79. The number of pyridine rings is 1. The van der Waals surface area contributed by atoms with Crippen molar-refractivity contribution in [3.8, 4) is 16.8 Å². The molecule has 3 aromatic heterocycles. The van der Waals surface area contributed by atoms with Crippen LogP contribution in [0.3, 0.4) is 0 Å². The number of rotatable bonds is 2. The van der Waals surface area contributed by atoms with Gasteiger partial charge in [-0.05, 0) is 62.6 Å². The first-order valence-corrected chi connectivity index (χ1v) is 15.8. The summed E-state index contributed by atoms with van der Waals surface area (Å²) < 4.78 is 4.95. The van der Waals surface area contributed by atoms with Gasteiger partial charge in [-0.3, -0.25) is 4.98 Å². The molecule has 44 heavy (non-hydrogen) atoms. The van der Waals surface area contributed by atoms with Crippen LogP contribution in [0, 0.1) is 0 Å². The van der Waals surface area contributed by atoms with Crippen LogP contribution in [0.5, 0.6) is 0 Å². The van der Waals surface area contributed by atoms with E-state index >= 15 is 0 Å². The van der Waals surface area contributed by atoms with E-state index in [9.17, 15) is 0 Å². The second-order valence-electron chi connectivity index (χ2n) is 11.6. The number of hydrogen-bond acceptors (Lipinski definition) is 2. The Kier molecular flexibility index (Phi) is 4.90. The van der Waals surface area contributed by atoms with Crippen molar-refractivity contribution in [2.24, 2.45) is 0 Å². The van der Waals surface area contributed by atoms with E-state index in [1.165, 1.54) is 79.9 Å². The molecule has 0 bridgehead atoms. The van der Waals surface area contributed by atoms with Gasteiger partial charge in [-0.25, -0.2) is 0 Å². The van der Waals surface area contributed by atoms with Gasteiger partial charge >= 0.3 is 0 Å². The summed E-state index contributed by atoms with van der Waals surface area (Å²) in [5.41, 5.74) is 5.80. The van der Waals surface area contributed by atoms with Gasteiger partial charge in [0.05, 0.1) is 22.9 Å². The smallest absolute Gasteiger partial charge is 0.0651 e. The van der Waals surface area contributed by atoms with E-state index in [4.69, 9.17) is 4.98 Å². The molecule has 0 spiro atoms. The number of nitrogens with zero attached hydrogens (tertiary/aromatic N) is 2. The Morgan fingerprint density at radius 1 is 0.432 bits per heavy atom. The van der Waals surface area contributed by atoms with Crippen molar-refractivity contribution in [2.75, 3.05) is 0 Å². The van der Waals surface area contributed by atoms with Crippen LogP contribution in [0.25, 0.3) is 91.1 Å². The molecule has 0 fully saturated rings. The highest BCUT2D eigenvalue weighted by molar-refractivity contribution is 7.26. The van der Waals surface area contributed by atoms with Gasteiger partial charge in [-0.15, -0.1) is 11.3 Å². The van der Waals surface area contributed by atoms with E-state index in [-0.39, 0.29) is 0 Å². The minimum absolute atomic E-state index is 1.07. The van der Waals surface area contributed by atoms with E-state index in [1.807, 2.05) is 23.7 Å². The minimum atomic E-state index is 1.07. The van der Waals surface area contributed by atoms with Crippen LogP contribution in [-0.2, 0) is 0 Å². The van der Waals surface area contributed by atoms with Gasteiger partial charge in [0, 0.05) is 48.3 Å². The molecule has 2 nitrogen and oxygen atoms in total. The molecule has 3 heterocycles. The van der Waals surface area contributed by atoms with E-state index in [1.54, 1.807) is 0 Å². The second kappa shape index (κ2) is 9.00. The number of fused-ring (bicyclic) bond motifs is 12. The lowest BCUT2D eigenvalue weighted by Gasteiger charge is -2.10. The van der Waals surface area contributed by atoms with Crippen molar-refractivity contribution in [3.05, 3.63) is 146 Å². The molecule has 3 heteroatoms. The van der Waals surface area contributed by atoms with Gasteiger partial charge in [0.2, 0.25) is 0 Å². The highest BCUT2D eigenvalue weighted by Gasteiger charge is 2.16. The van der Waals surface area contributed by atoms with Gasteiger partial charge in [-0.2, -0.15) is 0 Å². The lowest BCUT2D eigenvalue weighted by molar-refractivity contribution is 1.14. The Labute approximate surface area is 257 Å². The summed E-state index contributed by atoms with van der Waals surface area (Å²) in [6, 6.07) is 48.8. The van der Waals surface area contributed by atoms with Gasteiger partial charge in [0.25, 0.3) is 0 Å². The molecule has 0 N–H and O–H groups in total. The molecule has 0 aliphatic heterocycles. The Morgan fingerprint density at radius 2 is 0.977 bits per heavy atom. The monoisotopic (exact) mass is 576 g/mol. The maximum absolute atomic E-state index is 4.79. The fraction of sp³-hybridized carbons (Fsp3) is 0. The van der Waals surface area contributed by atoms with E-state index in [0.29, 0.717) is 0 Å². The predicted octanol–water partition coefficient (Wildman–Crippen LogP) is 11.7. The summed E-state index contributed by atoms with van der Waals surface area (Å²) >= 11 is 1.89. The molecule has 0 unspecified atom stereocenters. The van der Waals surface area contributed by atoms with Crippen LogP contribution in [0.4, 0.5) is 0 Å². The zero-order valence-corrected chi connectivity index (χ0v) is 24.5. The summed E-state index contributed by atoms with van der Waals surface area (Å²) in [4.78, 5) is 4.79. The lowest BCUT2D eigenvalue weighted by Crippen LogP contribution is -1.95. The van der Waals surface area contributed by atoms with Gasteiger partial charge in [0.1, 0.15) is 0 Å². The molecule has 0 amide bonds. The van der Waals surface area contributed by atoms with Crippen LogP contribution < -0.4 is 0 Å². The molecule has 10 rings (SSSR count). The van der Waals surface area contributed by atoms with Crippen LogP contribution in [-0.4, -0.2) is 9.55 Å². The van der Waals surface area contributed by atoms with Crippen molar-refractivity contribution in [1.82, 2.24) is 9.55 Å². The Bertz CT molecular complexity index is 2730. The fourth-order valence-electron chi connectivity index (χ4n) is 7.32. The Morgan fingerprint density at radius 3 is 1.64 bits per heavy atom. The number of benzene rings is 7. The molecule has 0 saturated heterocycles. The molecule has 204 valence electrons. The molecule has 0 aliphatic carbocycles.